The van der Waals surface area contributed by atoms with Gasteiger partial charge in [0.1, 0.15) is 18.1 Å². The van der Waals surface area contributed by atoms with Gasteiger partial charge in [-0.25, -0.2) is 13.9 Å². The molecule has 0 saturated carbocycles. The third-order valence-electron chi connectivity index (χ3n) is 2.32. The van der Waals surface area contributed by atoms with Gasteiger partial charge >= 0.3 is 11.7 Å². The molecule has 0 aliphatic carbocycles. The molecule has 2 rings (SSSR count). The summed E-state index contributed by atoms with van der Waals surface area (Å²) in [6, 6.07) is 2.36. The molecule has 7 nitrogen and oxygen atoms in total. The van der Waals surface area contributed by atoms with Crippen molar-refractivity contribution in [1.82, 2.24) is 9.78 Å². The predicted molar refractivity (Wildman–Crippen MR) is 64.8 cm³/mol. The molecule has 1 aromatic carbocycles. The van der Waals surface area contributed by atoms with Crippen LogP contribution in [0.25, 0.3) is 5.69 Å². The normalized spacial score (nSPS) is 10.4. The van der Waals surface area contributed by atoms with Crippen molar-refractivity contribution in [3.63, 3.8) is 0 Å². The molecule has 0 fully saturated rings. The number of rotatable bonds is 3. The fourth-order valence-electron chi connectivity index (χ4n) is 1.42. The number of aromatic carboxylic acids is 1. The molecule has 0 saturated heterocycles. The first-order valence-corrected chi connectivity index (χ1v) is 5.62. The van der Waals surface area contributed by atoms with Gasteiger partial charge in [0.2, 0.25) is 0 Å². The Balaban J connectivity index is 2.54. The molecule has 1 N–H and O–H groups in total. The number of hydrogen-bond donors (Lipinski definition) is 1. The zero-order valence-corrected chi connectivity index (χ0v) is 10.7. The summed E-state index contributed by atoms with van der Waals surface area (Å²) in [6.45, 7) is 0. The highest BCUT2D eigenvalue weighted by molar-refractivity contribution is 9.10. The first kappa shape index (κ1) is 13.1. The van der Waals surface area contributed by atoms with E-state index in [9.17, 15) is 19.3 Å². The van der Waals surface area contributed by atoms with Crippen molar-refractivity contribution in [1.29, 1.82) is 0 Å². The first-order valence-electron chi connectivity index (χ1n) is 4.82. The Morgan fingerprint density at radius 2 is 2.21 bits per heavy atom. The molecule has 19 heavy (non-hydrogen) atoms. The van der Waals surface area contributed by atoms with Gasteiger partial charge in [0.25, 0.3) is 0 Å². The highest BCUT2D eigenvalue weighted by atomic mass is 79.9. The molecular formula is C10H5BrFN3O4. The third-order valence-corrected chi connectivity index (χ3v) is 3.09. The molecule has 0 aliphatic rings. The minimum absolute atomic E-state index is 0.0926. The van der Waals surface area contributed by atoms with Crippen molar-refractivity contribution in [3.8, 4) is 5.69 Å². The van der Waals surface area contributed by atoms with Crippen molar-refractivity contribution in [2.75, 3.05) is 0 Å². The van der Waals surface area contributed by atoms with E-state index in [1.54, 1.807) is 0 Å². The lowest BCUT2D eigenvalue weighted by atomic mass is 10.2. The number of nitrogens with zero attached hydrogens (tertiary/aromatic N) is 3. The van der Waals surface area contributed by atoms with E-state index in [1.807, 2.05) is 0 Å². The Hall–Kier alpha value is -2.29. The van der Waals surface area contributed by atoms with Crippen LogP contribution < -0.4 is 0 Å². The van der Waals surface area contributed by atoms with Crippen LogP contribution in [-0.4, -0.2) is 25.8 Å². The quantitative estimate of drug-likeness (QED) is 0.688. The maximum atomic E-state index is 14.0. The molecule has 1 aromatic heterocycles. The maximum absolute atomic E-state index is 14.0. The standard InChI is InChI=1S/C10H5BrFN3O4/c11-8-6(10(16)17)1-2-7(9(8)12)14-4-5(3-13-14)15(18)19/h1-4H,(H,16,17). The minimum atomic E-state index is -1.29. The summed E-state index contributed by atoms with van der Waals surface area (Å²) in [5, 5.41) is 23.0. The van der Waals surface area contributed by atoms with Crippen molar-refractivity contribution >= 4 is 27.6 Å². The first-order chi connectivity index (χ1) is 8.91. The Morgan fingerprint density at radius 3 is 2.74 bits per heavy atom. The van der Waals surface area contributed by atoms with E-state index in [0.29, 0.717) is 0 Å². The lowest BCUT2D eigenvalue weighted by molar-refractivity contribution is -0.384. The van der Waals surface area contributed by atoms with E-state index in [1.165, 1.54) is 12.1 Å². The molecular weight excluding hydrogens is 325 g/mol. The van der Waals surface area contributed by atoms with Gasteiger partial charge in [0.05, 0.1) is 15.0 Å². The average molecular weight is 330 g/mol. The van der Waals surface area contributed by atoms with E-state index in [4.69, 9.17) is 5.11 Å². The SMILES string of the molecule is O=C(O)c1ccc(-n2cc([N+](=O)[O-])cn2)c(F)c1Br. The summed E-state index contributed by atoms with van der Waals surface area (Å²) >= 11 is 2.83. The lowest BCUT2D eigenvalue weighted by Gasteiger charge is -2.06. The molecule has 0 spiro atoms. The molecule has 9 heteroatoms. The lowest BCUT2D eigenvalue weighted by Crippen LogP contribution is -2.04. The fourth-order valence-corrected chi connectivity index (χ4v) is 1.93. The van der Waals surface area contributed by atoms with Gasteiger partial charge in [-0.2, -0.15) is 5.10 Å². The number of carboxylic acids is 1. The van der Waals surface area contributed by atoms with Crippen LogP contribution in [0.5, 0.6) is 0 Å². The Morgan fingerprint density at radius 1 is 1.53 bits per heavy atom. The Labute approximate surface area is 113 Å². The minimum Gasteiger partial charge on any atom is -0.478 e. The third kappa shape index (κ3) is 2.32. The molecule has 0 amide bonds. The van der Waals surface area contributed by atoms with Crippen LogP contribution in [0.1, 0.15) is 10.4 Å². The van der Waals surface area contributed by atoms with Gasteiger partial charge in [-0.3, -0.25) is 10.1 Å². The van der Waals surface area contributed by atoms with Gasteiger partial charge in [-0.05, 0) is 28.1 Å². The number of carboxylic acid groups (broad SMARTS) is 1. The zero-order chi connectivity index (χ0) is 14.2. The van der Waals surface area contributed by atoms with Crippen molar-refractivity contribution in [2.24, 2.45) is 0 Å². The second-order valence-corrected chi connectivity index (χ2v) is 4.26. The highest BCUT2D eigenvalue weighted by Gasteiger charge is 2.18. The zero-order valence-electron chi connectivity index (χ0n) is 9.08. The van der Waals surface area contributed by atoms with Crippen LogP contribution >= 0.6 is 15.9 Å². The molecule has 0 bridgehead atoms. The highest BCUT2D eigenvalue weighted by Crippen LogP contribution is 2.26. The van der Waals surface area contributed by atoms with E-state index >= 15 is 0 Å². The Kier molecular flexibility index (Phi) is 3.30. The number of nitro groups is 1. The van der Waals surface area contributed by atoms with Crippen LogP contribution in [0, 0.1) is 15.9 Å². The van der Waals surface area contributed by atoms with Gasteiger partial charge in [-0.15, -0.1) is 0 Å². The van der Waals surface area contributed by atoms with Crippen LogP contribution in [0.15, 0.2) is 29.0 Å². The average Bonchev–Trinajstić information content (AvgIpc) is 2.81. The molecule has 1 heterocycles. The molecule has 0 unspecified atom stereocenters. The van der Waals surface area contributed by atoms with E-state index in [0.717, 1.165) is 17.1 Å². The summed E-state index contributed by atoms with van der Waals surface area (Å²) in [4.78, 5) is 20.7. The molecule has 0 atom stereocenters. The van der Waals surface area contributed by atoms with Gasteiger partial charge in [0.15, 0.2) is 5.82 Å². The topological polar surface area (TPSA) is 98.3 Å². The van der Waals surface area contributed by atoms with E-state index in [-0.39, 0.29) is 21.4 Å². The summed E-state index contributed by atoms with van der Waals surface area (Å²) in [5.74, 6) is -2.15. The number of halogens is 2. The molecule has 0 aliphatic heterocycles. The van der Waals surface area contributed by atoms with E-state index < -0.39 is 16.7 Å². The van der Waals surface area contributed by atoms with Crippen LogP contribution in [0.2, 0.25) is 0 Å². The monoisotopic (exact) mass is 329 g/mol. The number of hydrogen-bond acceptors (Lipinski definition) is 4. The molecule has 2 aromatic rings. The van der Waals surface area contributed by atoms with E-state index in [2.05, 4.69) is 21.0 Å². The smallest absolute Gasteiger partial charge is 0.336 e. The van der Waals surface area contributed by atoms with Gasteiger partial charge in [-0.1, -0.05) is 0 Å². The number of aromatic nitrogens is 2. The second-order valence-electron chi connectivity index (χ2n) is 3.47. The van der Waals surface area contributed by atoms with Crippen LogP contribution in [0.4, 0.5) is 10.1 Å². The van der Waals surface area contributed by atoms with Gasteiger partial charge < -0.3 is 5.11 Å². The predicted octanol–water partition coefficient (Wildman–Crippen LogP) is 2.38. The summed E-state index contributed by atoms with van der Waals surface area (Å²) in [6.07, 6.45) is 2.00. The largest absolute Gasteiger partial charge is 0.478 e. The molecule has 98 valence electrons. The maximum Gasteiger partial charge on any atom is 0.336 e. The van der Waals surface area contributed by atoms with Crippen molar-refractivity contribution in [3.05, 3.63) is 50.5 Å². The van der Waals surface area contributed by atoms with Crippen molar-refractivity contribution in [2.45, 2.75) is 0 Å². The second kappa shape index (κ2) is 4.76. The number of carbonyl (C=O) groups is 1. The fraction of sp³-hybridized carbons (Fsp3) is 0. The van der Waals surface area contributed by atoms with Crippen molar-refractivity contribution < 1.29 is 19.2 Å². The molecule has 0 radical (unpaired) electrons. The van der Waals surface area contributed by atoms with Gasteiger partial charge in [0, 0.05) is 0 Å². The summed E-state index contributed by atoms with van der Waals surface area (Å²) in [7, 11) is 0. The number of benzene rings is 1. The van der Waals surface area contributed by atoms with Crippen LogP contribution in [-0.2, 0) is 0 Å². The summed E-state index contributed by atoms with van der Waals surface area (Å²) in [5.41, 5.74) is -0.634. The van der Waals surface area contributed by atoms with Crippen LogP contribution in [0.3, 0.4) is 0 Å². The Bertz CT molecular complexity index is 685. The summed E-state index contributed by atoms with van der Waals surface area (Å²) < 4.78 is 14.7.